The maximum Gasteiger partial charge on any atom is 0.235 e. The molecule has 0 aliphatic heterocycles. The Morgan fingerprint density at radius 1 is 0.510 bits per heavy atom. The van der Waals surface area contributed by atoms with Crippen LogP contribution in [-0.4, -0.2) is 14.5 Å². The quantitative estimate of drug-likeness (QED) is 0.192. The molecule has 4 aromatic heterocycles. The molecule has 228 valence electrons. The van der Waals surface area contributed by atoms with E-state index in [0.717, 1.165) is 71.5 Å². The second-order valence-electron chi connectivity index (χ2n) is 12.5. The van der Waals surface area contributed by atoms with E-state index in [1.54, 1.807) is 0 Å². The van der Waals surface area contributed by atoms with Gasteiger partial charge in [0.05, 0.1) is 16.7 Å². The number of furan rings is 1. The Morgan fingerprint density at radius 2 is 1.22 bits per heavy atom. The van der Waals surface area contributed by atoms with Crippen LogP contribution < -0.4 is 0 Å². The van der Waals surface area contributed by atoms with E-state index in [2.05, 4.69) is 138 Å². The molecule has 0 fully saturated rings. The zero-order chi connectivity index (χ0) is 32.1. The summed E-state index contributed by atoms with van der Waals surface area (Å²) in [5.74, 6) is 0.613. The summed E-state index contributed by atoms with van der Waals surface area (Å²) >= 11 is 1.84. The number of fused-ring (bicyclic) bond motifs is 11. The lowest BCUT2D eigenvalue weighted by molar-refractivity contribution is 0.671. The fourth-order valence-electron chi connectivity index (χ4n) is 7.64. The third-order valence-corrected chi connectivity index (χ3v) is 11.0. The lowest BCUT2D eigenvalue weighted by Gasteiger charge is -2.12. The Morgan fingerprint density at radius 3 is 2.12 bits per heavy atom. The molecule has 0 aliphatic carbocycles. The normalized spacial score (nSPS) is 12.1. The van der Waals surface area contributed by atoms with Crippen LogP contribution in [-0.2, 0) is 0 Å². The summed E-state index contributed by atoms with van der Waals surface area (Å²) in [6, 6.07) is 53.5. The van der Waals surface area contributed by atoms with Gasteiger partial charge in [0.2, 0.25) is 5.95 Å². The maximum atomic E-state index is 6.79. The summed E-state index contributed by atoms with van der Waals surface area (Å²) in [6.45, 7) is 0. The van der Waals surface area contributed by atoms with Crippen molar-refractivity contribution < 1.29 is 4.42 Å². The Hall–Kier alpha value is -6.30. The largest absolute Gasteiger partial charge is 0.454 e. The minimum atomic E-state index is 0.613. The minimum absolute atomic E-state index is 0.613. The van der Waals surface area contributed by atoms with E-state index in [1.807, 2.05) is 29.5 Å². The second-order valence-corrected chi connectivity index (χ2v) is 13.6. The molecule has 4 nitrogen and oxygen atoms in total. The highest BCUT2D eigenvalue weighted by Gasteiger charge is 2.25. The summed E-state index contributed by atoms with van der Waals surface area (Å²) in [7, 11) is 0. The Kier molecular flexibility index (Phi) is 5.51. The van der Waals surface area contributed by atoms with Gasteiger partial charge in [-0.1, -0.05) is 109 Å². The van der Waals surface area contributed by atoms with Crippen molar-refractivity contribution in [2.24, 2.45) is 0 Å². The summed E-state index contributed by atoms with van der Waals surface area (Å²) in [6.07, 6.45) is 0. The standard InChI is InChI=1S/C44H25N3OS/c1-2-12-26(13-3-1)41-30-16-4-8-18-35(30)45-44(46-41)47-36-19-9-5-17-31(36)40-32(25-34-28-14-6-10-20-37(28)48-43(34)42(40)47)27-22-23-39-33(24-27)29-15-7-11-21-38(29)49-39/h1-25H. The molecule has 0 amide bonds. The van der Waals surface area contributed by atoms with Crippen LogP contribution in [0.5, 0.6) is 0 Å². The van der Waals surface area contributed by atoms with Crippen molar-refractivity contribution in [3.8, 4) is 28.3 Å². The first-order valence-corrected chi connectivity index (χ1v) is 17.2. The number of nitrogens with zero attached hydrogens (tertiary/aromatic N) is 3. The van der Waals surface area contributed by atoms with Crippen molar-refractivity contribution in [1.29, 1.82) is 0 Å². The first kappa shape index (κ1) is 26.7. The molecule has 5 heteroatoms. The average Bonchev–Trinajstić information content (AvgIpc) is 3.84. The lowest BCUT2D eigenvalue weighted by Crippen LogP contribution is -2.03. The summed E-state index contributed by atoms with van der Waals surface area (Å²) in [5, 5.41) is 7.99. The van der Waals surface area contributed by atoms with Crippen molar-refractivity contribution >= 4 is 86.2 Å². The van der Waals surface area contributed by atoms with Gasteiger partial charge in [-0.3, -0.25) is 4.57 Å². The molecule has 11 aromatic rings. The van der Waals surface area contributed by atoms with E-state index < -0.39 is 0 Å². The molecule has 49 heavy (non-hydrogen) atoms. The lowest BCUT2D eigenvalue weighted by atomic mass is 9.95. The van der Waals surface area contributed by atoms with E-state index in [-0.39, 0.29) is 0 Å². The number of benzene rings is 7. The topological polar surface area (TPSA) is 43.9 Å². The predicted octanol–water partition coefficient (Wildman–Crippen LogP) is 12.3. The second kappa shape index (κ2) is 10.1. The van der Waals surface area contributed by atoms with Crippen LogP contribution in [0.2, 0.25) is 0 Å². The highest BCUT2D eigenvalue weighted by molar-refractivity contribution is 7.25. The highest BCUT2D eigenvalue weighted by Crippen LogP contribution is 2.46. The summed E-state index contributed by atoms with van der Waals surface area (Å²) in [5.41, 5.74) is 8.85. The SMILES string of the molecule is c1ccc(-c2nc(-n3c4ccccc4c4c(-c5ccc6sc7ccccc7c6c5)cc5c6ccccc6oc5c43)nc3ccccc23)cc1. The van der Waals surface area contributed by atoms with Gasteiger partial charge in [-0.15, -0.1) is 11.3 Å². The smallest absolute Gasteiger partial charge is 0.235 e. The molecular formula is C44H25N3OS. The summed E-state index contributed by atoms with van der Waals surface area (Å²) < 4.78 is 11.6. The van der Waals surface area contributed by atoms with Gasteiger partial charge in [0.1, 0.15) is 11.1 Å². The van der Waals surface area contributed by atoms with Gasteiger partial charge in [-0.2, -0.15) is 0 Å². The van der Waals surface area contributed by atoms with Crippen LogP contribution in [0.15, 0.2) is 156 Å². The average molecular weight is 644 g/mol. The fraction of sp³-hybridized carbons (Fsp3) is 0. The van der Waals surface area contributed by atoms with Gasteiger partial charge in [0.15, 0.2) is 5.58 Å². The maximum absolute atomic E-state index is 6.79. The zero-order valence-electron chi connectivity index (χ0n) is 26.1. The van der Waals surface area contributed by atoms with Crippen LogP contribution >= 0.6 is 11.3 Å². The molecule has 7 aromatic carbocycles. The number of hydrogen-bond donors (Lipinski definition) is 0. The van der Waals surface area contributed by atoms with Crippen molar-refractivity contribution in [2.75, 3.05) is 0 Å². The van der Waals surface area contributed by atoms with Crippen LogP contribution in [0.1, 0.15) is 0 Å². The van der Waals surface area contributed by atoms with Crippen LogP contribution in [0.4, 0.5) is 0 Å². The minimum Gasteiger partial charge on any atom is -0.454 e. The molecule has 0 aliphatic rings. The number of thiophene rings is 1. The van der Waals surface area contributed by atoms with Gasteiger partial charge in [-0.25, -0.2) is 9.97 Å². The Balaban J connectivity index is 1.32. The molecule has 0 unspecified atom stereocenters. The number of para-hydroxylation sites is 3. The molecule has 4 heterocycles. The predicted molar refractivity (Wildman–Crippen MR) is 205 cm³/mol. The van der Waals surface area contributed by atoms with Crippen molar-refractivity contribution in [3.63, 3.8) is 0 Å². The summed E-state index contributed by atoms with van der Waals surface area (Å²) in [4.78, 5) is 10.6. The van der Waals surface area contributed by atoms with Crippen molar-refractivity contribution in [2.45, 2.75) is 0 Å². The Bertz CT molecular complexity index is 3110. The van der Waals surface area contributed by atoms with Gasteiger partial charge in [-0.05, 0) is 53.6 Å². The van der Waals surface area contributed by atoms with Crippen LogP contribution in [0.3, 0.4) is 0 Å². The molecule has 0 bridgehead atoms. The number of hydrogen-bond acceptors (Lipinski definition) is 4. The molecule has 0 saturated carbocycles. The van der Waals surface area contributed by atoms with Crippen LogP contribution in [0.25, 0.3) is 103 Å². The van der Waals surface area contributed by atoms with E-state index in [0.29, 0.717) is 5.95 Å². The van der Waals surface area contributed by atoms with E-state index in [9.17, 15) is 0 Å². The zero-order valence-corrected chi connectivity index (χ0v) is 26.9. The third-order valence-electron chi connectivity index (χ3n) is 9.81. The highest BCUT2D eigenvalue weighted by atomic mass is 32.1. The molecule has 0 atom stereocenters. The van der Waals surface area contributed by atoms with Gasteiger partial charge < -0.3 is 4.42 Å². The molecular weight excluding hydrogens is 619 g/mol. The van der Waals surface area contributed by atoms with E-state index in [4.69, 9.17) is 14.4 Å². The van der Waals surface area contributed by atoms with Gasteiger partial charge in [0.25, 0.3) is 0 Å². The van der Waals surface area contributed by atoms with Crippen molar-refractivity contribution in [3.05, 3.63) is 152 Å². The molecule has 0 saturated heterocycles. The van der Waals surface area contributed by atoms with Gasteiger partial charge in [0, 0.05) is 52.7 Å². The Labute approximate surface area is 284 Å². The number of rotatable bonds is 3. The van der Waals surface area contributed by atoms with Crippen molar-refractivity contribution in [1.82, 2.24) is 14.5 Å². The first-order chi connectivity index (χ1) is 24.3. The number of aromatic nitrogens is 3. The molecule has 0 radical (unpaired) electrons. The van der Waals surface area contributed by atoms with E-state index >= 15 is 0 Å². The molecule has 0 N–H and O–H groups in total. The first-order valence-electron chi connectivity index (χ1n) is 16.4. The van der Waals surface area contributed by atoms with E-state index in [1.165, 1.54) is 25.7 Å². The fourth-order valence-corrected chi connectivity index (χ4v) is 8.72. The molecule has 11 rings (SSSR count). The third kappa shape index (κ3) is 3.85. The van der Waals surface area contributed by atoms with Gasteiger partial charge >= 0.3 is 0 Å². The molecule has 0 spiro atoms. The monoisotopic (exact) mass is 643 g/mol. The van der Waals surface area contributed by atoms with Crippen LogP contribution in [0, 0.1) is 0 Å².